The van der Waals surface area contributed by atoms with Gasteiger partial charge in [0.2, 0.25) is 0 Å². The summed E-state index contributed by atoms with van der Waals surface area (Å²) in [6, 6.07) is 2.15. The van der Waals surface area contributed by atoms with Crippen molar-refractivity contribution < 1.29 is 19.1 Å². The lowest BCUT2D eigenvalue weighted by molar-refractivity contribution is -0.139. The molecule has 0 fully saturated rings. The van der Waals surface area contributed by atoms with Gasteiger partial charge in [-0.25, -0.2) is 14.0 Å². The Morgan fingerprint density at radius 1 is 1.50 bits per heavy atom. The van der Waals surface area contributed by atoms with E-state index in [-0.39, 0.29) is 6.42 Å². The number of aliphatic carboxylic acids is 1. The monoisotopic (exact) mass is 318 g/mol. The van der Waals surface area contributed by atoms with Crippen LogP contribution in [0.4, 0.5) is 14.9 Å². The first-order valence-electron chi connectivity index (χ1n) is 5.19. The second kappa shape index (κ2) is 6.34. The molecular formula is C11H12BrFN2O3. The second-order valence-corrected chi connectivity index (χ2v) is 4.38. The standard InChI is InChI=1S/C11H12BrFN2O3/c1-2-8(10(16)17)14-11(18)15-9-4-3-6(13)5-7(9)12/h3-5,8H,2H2,1H3,(H,16,17)(H2,14,15,18)/t8-/m1/s1. The molecule has 98 valence electrons. The molecule has 1 rings (SSSR count). The molecule has 0 unspecified atom stereocenters. The molecule has 5 nitrogen and oxygen atoms in total. The zero-order chi connectivity index (χ0) is 13.7. The van der Waals surface area contributed by atoms with E-state index in [9.17, 15) is 14.0 Å². The van der Waals surface area contributed by atoms with Gasteiger partial charge in [-0.1, -0.05) is 6.92 Å². The number of rotatable bonds is 4. The molecular weight excluding hydrogens is 307 g/mol. The number of hydrogen-bond donors (Lipinski definition) is 3. The number of nitrogens with one attached hydrogen (secondary N) is 2. The average molecular weight is 319 g/mol. The first kappa shape index (κ1) is 14.4. The van der Waals surface area contributed by atoms with Crippen LogP contribution in [-0.4, -0.2) is 23.1 Å². The van der Waals surface area contributed by atoms with Crippen LogP contribution in [0, 0.1) is 5.82 Å². The van der Waals surface area contributed by atoms with E-state index in [1.54, 1.807) is 6.92 Å². The molecule has 7 heteroatoms. The zero-order valence-corrected chi connectivity index (χ0v) is 11.1. The van der Waals surface area contributed by atoms with E-state index >= 15 is 0 Å². The summed E-state index contributed by atoms with van der Waals surface area (Å²) in [7, 11) is 0. The smallest absolute Gasteiger partial charge is 0.326 e. The molecule has 0 aliphatic rings. The van der Waals surface area contributed by atoms with Crippen molar-refractivity contribution in [2.45, 2.75) is 19.4 Å². The van der Waals surface area contributed by atoms with E-state index in [1.165, 1.54) is 18.2 Å². The maximum absolute atomic E-state index is 12.8. The summed E-state index contributed by atoms with van der Waals surface area (Å²) in [6.07, 6.45) is 0.271. The van der Waals surface area contributed by atoms with Gasteiger partial charge in [0, 0.05) is 4.47 Å². The molecule has 3 N–H and O–H groups in total. The maximum atomic E-state index is 12.8. The van der Waals surface area contributed by atoms with Crippen LogP contribution in [0.2, 0.25) is 0 Å². The Bertz CT molecular complexity index is 468. The molecule has 1 atom stereocenters. The third-order valence-electron chi connectivity index (χ3n) is 2.19. The van der Waals surface area contributed by atoms with Crippen LogP contribution in [0.15, 0.2) is 22.7 Å². The molecule has 0 radical (unpaired) electrons. The number of carboxylic acid groups (broad SMARTS) is 1. The van der Waals surface area contributed by atoms with Crippen molar-refractivity contribution in [1.82, 2.24) is 5.32 Å². The summed E-state index contributed by atoms with van der Waals surface area (Å²) in [6.45, 7) is 1.65. The lowest BCUT2D eigenvalue weighted by atomic mass is 10.2. The third kappa shape index (κ3) is 3.99. The Labute approximate surface area is 112 Å². The highest BCUT2D eigenvalue weighted by Gasteiger charge is 2.17. The number of hydrogen-bond acceptors (Lipinski definition) is 2. The fraction of sp³-hybridized carbons (Fsp3) is 0.273. The Kier molecular flexibility index (Phi) is 5.08. The Morgan fingerprint density at radius 3 is 2.67 bits per heavy atom. The van der Waals surface area contributed by atoms with Gasteiger partial charge in [-0.15, -0.1) is 0 Å². The summed E-state index contributed by atoms with van der Waals surface area (Å²) in [5.74, 6) is -1.55. The van der Waals surface area contributed by atoms with Crippen LogP contribution >= 0.6 is 15.9 Å². The molecule has 1 aromatic rings. The number of carbonyl (C=O) groups is 2. The summed E-state index contributed by atoms with van der Waals surface area (Å²) < 4.78 is 13.2. The van der Waals surface area contributed by atoms with E-state index in [2.05, 4.69) is 26.6 Å². The quantitative estimate of drug-likeness (QED) is 0.798. The van der Waals surface area contributed by atoms with Crippen molar-refractivity contribution in [3.8, 4) is 0 Å². The molecule has 1 aromatic carbocycles. The van der Waals surface area contributed by atoms with E-state index in [1.807, 2.05) is 0 Å². The molecule has 0 heterocycles. The number of carbonyl (C=O) groups excluding carboxylic acids is 1. The van der Waals surface area contributed by atoms with Crippen molar-refractivity contribution in [1.29, 1.82) is 0 Å². The molecule has 0 aliphatic heterocycles. The van der Waals surface area contributed by atoms with Crippen LogP contribution < -0.4 is 10.6 Å². The molecule has 18 heavy (non-hydrogen) atoms. The first-order valence-corrected chi connectivity index (χ1v) is 5.98. The SMILES string of the molecule is CC[C@@H](NC(=O)Nc1ccc(F)cc1Br)C(=O)O. The van der Waals surface area contributed by atoms with Gasteiger partial charge in [0.15, 0.2) is 0 Å². The minimum Gasteiger partial charge on any atom is -0.480 e. The molecule has 0 aliphatic carbocycles. The number of benzene rings is 1. The first-order chi connectivity index (χ1) is 8.43. The number of urea groups is 1. The van der Waals surface area contributed by atoms with Gasteiger partial charge in [0.1, 0.15) is 11.9 Å². The summed E-state index contributed by atoms with van der Waals surface area (Å²) >= 11 is 3.09. The minimum absolute atomic E-state index is 0.271. The molecule has 2 amide bonds. The van der Waals surface area contributed by atoms with Gasteiger partial charge < -0.3 is 15.7 Å². The molecule has 0 saturated carbocycles. The Balaban J connectivity index is 2.67. The predicted molar refractivity (Wildman–Crippen MR) is 68.0 cm³/mol. The van der Waals surface area contributed by atoms with Crippen molar-refractivity contribution in [3.05, 3.63) is 28.5 Å². The van der Waals surface area contributed by atoms with E-state index < -0.39 is 23.9 Å². The fourth-order valence-electron chi connectivity index (χ4n) is 1.25. The fourth-order valence-corrected chi connectivity index (χ4v) is 1.70. The van der Waals surface area contributed by atoms with Gasteiger partial charge in [0.05, 0.1) is 5.69 Å². The van der Waals surface area contributed by atoms with Gasteiger partial charge >= 0.3 is 12.0 Å². The van der Waals surface area contributed by atoms with Crippen LogP contribution in [0.3, 0.4) is 0 Å². The lowest BCUT2D eigenvalue weighted by Gasteiger charge is -2.13. The number of carboxylic acids is 1. The van der Waals surface area contributed by atoms with Gasteiger partial charge in [-0.2, -0.15) is 0 Å². The largest absolute Gasteiger partial charge is 0.480 e. The highest BCUT2D eigenvalue weighted by atomic mass is 79.9. The van der Waals surface area contributed by atoms with Crippen LogP contribution in [0.1, 0.15) is 13.3 Å². The number of amides is 2. The molecule has 0 spiro atoms. The number of anilines is 1. The van der Waals surface area contributed by atoms with Gasteiger partial charge in [-0.3, -0.25) is 0 Å². The zero-order valence-electron chi connectivity index (χ0n) is 9.54. The van der Waals surface area contributed by atoms with E-state index in [0.717, 1.165) is 0 Å². The Hall–Kier alpha value is -1.63. The topological polar surface area (TPSA) is 78.4 Å². The normalized spacial score (nSPS) is 11.7. The third-order valence-corrected chi connectivity index (χ3v) is 2.85. The average Bonchev–Trinajstić information content (AvgIpc) is 2.29. The van der Waals surface area contributed by atoms with E-state index in [4.69, 9.17) is 5.11 Å². The summed E-state index contributed by atoms with van der Waals surface area (Å²) in [5, 5.41) is 13.5. The highest BCUT2D eigenvalue weighted by Crippen LogP contribution is 2.22. The minimum atomic E-state index is -1.11. The summed E-state index contributed by atoms with van der Waals surface area (Å²) in [4.78, 5) is 22.3. The van der Waals surface area contributed by atoms with Crippen molar-refractivity contribution in [2.75, 3.05) is 5.32 Å². The number of halogens is 2. The lowest BCUT2D eigenvalue weighted by Crippen LogP contribution is -2.42. The molecule has 0 bridgehead atoms. The maximum Gasteiger partial charge on any atom is 0.326 e. The van der Waals surface area contributed by atoms with Gasteiger partial charge in [0.25, 0.3) is 0 Å². The highest BCUT2D eigenvalue weighted by molar-refractivity contribution is 9.10. The van der Waals surface area contributed by atoms with Crippen LogP contribution in [0.25, 0.3) is 0 Å². The molecule has 0 aromatic heterocycles. The molecule has 0 saturated heterocycles. The van der Waals surface area contributed by atoms with Crippen LogP contribution in [0.5, 0.6) is 0 Å². The Morgan fingerprint density at radius 2 is 2.17 bits per heavy atom. The van der Waals surface area contributed by atoms with Crippen molar-refractivity contribution >= 4 is 33.6 Å². The second-order valence-electron chi connectivity index (χ2n) is 3.52. The van der Waals surface area contributed by atoms with Crippen molar-refractivity contribution in [2.24, 2.45) is 0 Å². The van der Waals surface area contributed by atoms with Crippen LogP contribution in [-0.2, 0) is 4.79 Å². The predicted octanol–water partition coefficient (Wildman–Crippen LogP) is 2.57. The van der Waals surface area contributed by atoms with Crippen molar-refractivity contribution in [3.63, 3.8) is 0 Å². The van der Waals surface area contributed by atoms with Gasteiger partial charge in [-0.05, 0) is 40.5 Å². The summed E-state index contributed by atoms with van der Waals surface area (Å²) in [5.41, 5.74) is 0.356. The van der Waals surface area contributed by atoms with E-state index in [0.29, 0.717) is 10.2 Å².